The van der Waals surface area contributed by atoms with Crippen molar-refractivity contribution < 1.29 is 9.59 Å². The van der Waals surface area contributed by atoms with Crippen LogP contribution in [0.2, 0.25) is 0 Å². The molecule has 0 saturated carbocycles. The van der Waals surface area contributed by atoms with E-state index in [1.54, 1.807) is 12.1 Å². The summed E-state index contributed by atoms with van der Waals surface area (Å²) in [5, 5.41) is 7.56. The smallest absolute Gasteiger partial charge is 0.319 e. The van der Waals surface area contributed by atoms with Gasteiger partial charge in [0.25, 0.3) is 0 Å². The number of hydrogen-bond donors (Lipinski definition) is 2. The Hall–Kier alpha value is -2.86. The fourth-order valence-corrected chi connectivity index (χ4v) is 2.76. The molecular weight excluding hydrogens is 358 g/mol. The van der Waals surface area contributed by atoms with E-state index in [1.807, 2.05) is 49.6 Å². The molecule has 2 aromatic rings. The molecule has 2 N–H and O–H groups in total. The molecule has 0 saturated heterocycles. The quantitative estimate of drug-likeness (QED) is 0.392. The molecular formula is C21H23N3O2S. The lowest BCUT2D eigenvalue weighted by atomic mass is 10.1. The number of urea groups is 1. The van der Waals surface area contributed by atoms with Gasteiger partial charge in [-0.3, -0.25) is 4.79 Å². The minimum absolute atomic E-state index is 0.0369. The van der Waals surface area contributed by atoms with Crippen molar-refractivity contribution in [2.45, 2.75) is 27.3 Å². The molecule has 140 valence electrons. The minimum atomic E-state index is -0.313. The van der Waals surface area contributed by atoms with Gasteiger partial charge in [-0.1, -0.05) is 36.4 Å². The molecule has 0 atom stereocenters. The zero-order valence-corrected chi connectivity index (χ0v) is 16.5. The summed E-state index contributed by atoms with van der Waals surface area (Å²) in [6.45, 7) is 9.24. The van der Waals surface area contributed by atoms with Crippen LogP contribution in [0.3, 0.4) is 0 Å². The van der Waals surface area contributed by atoms with E-state index in [2.05, 4.69) is 21.7 Å². The molecule has 0 fully saturated rings. The van der Waals surface area contributed by atoms with Crippen molar-refractivity contribution >= 4 is 41.7 Å². The second-order valence-electron chi connectivity index (χ2n) is 6.13. The normalized spacial score (nSPS) is 11.0. The Morgan fingerprint density at radius 1 is 1.11 bits per heavy atom. The minimum Gasteiger partial charge on any atom is -0.334 e. The van der Waals surface area contributed by atoms with E-state index in [1.165, 1.54) is 18.9 Å². The van der Waals surface area contributed by atoms with Crippen molar-refractivity contribution in [3.05, 3.63) is 70.1 Å². The maximum atomic E-state index is 12.2. The molecule has 0 unspecified atom stereocenters. The number of ketones is 1. The van der Waals surface area contributed by atoms with Crippen LogP contribution in [-0.2, 0) is 6.54 Å². The van der Waals surface area contributed by atoms with E-state index in [-0.39, 0.29) is 11.8 Å². The second-order valence-corrected chi connectivity index (χ2v) is 6.83. The number of rotatable bonds is 7. The standard InChI is InChI=1S/C21H23N3O2S/c1-14-5-8-19(16(3)25)11-20(14)24-21(26)23-12-17-6-9-18(10-7-17)15(2)13-27-22-4/h5-11,13H,4,12H2,1-3H3,(H2,23,24,26)/b15-13+. The first-order valence-electron chi connectivity index (χ1n) is 8.45. The lowest BCUT2D eigenvalue weighted by Gasteiger charge is -2.11. The first-order chi connectivity index (χ1) is 12.9. The Morgan fingerprint density at radius 2 is 1.78 bits per heavy atom. The van der Waals surface area contributed by atoms with Gasteiger partial charge in [-0.05, 0) is 61.2 Å². The molecule has 2 rings (SSSR count). The van der Waals surface area contributed by atoms with Gasteiger partial charge < -0.3 is 10.6 Å². The Morgan fingerprint density at radius 3 is 2.41 bits per heavy atom. The van der Waals surface area contributed by atoms with Crippen molar-refractivity contribution in [1.29, 1.82) is 0 Å². The monoisotopic (exact) mass is 381 g/mol. The number of anilines is 1. The summed E-state index contributed by atoms with van der Waals surface area (Å²) in [6, 6.07) is 12.9. The lowest BCUT2D eigenvalue weighted by molar-refractivity contribution is 0.101. The molecule has 0 heterocycles. The predicted molar refractivity (Wildman–Crippen MR) is 114 cm³/mol. The third kappa shape index (κ3) is 6.11. The molecule has 2 amide bonds. The Bertz CT molecular complexity index is 873. The molecule has 0 aromatic heterocycles. The molecule has 0 aliphatic rings. The highest BCUT2D eigenvalue weighted by Crippen LogP contribution is 2.19. The van der Waals surface area contributed by atoms with Crippen LogP contribution in [0.5, 0.6) is 0 Å². The largest absolute Gasteiger partial charge is 0.334 e. The van der Waals surface area contributed by atoms with Gasteiger partial charge in [0.1, 0.15) is 0 Å². The third-order valence-corrected chi connectivity index (χ3v) is 4.67. The number of nitrogens with one attached hydrogen (secondary N) is 2. The number of Topliss-reactive ketones (excluding diaryl/α,β-unsaturated/α-hetero) is 1. The summed E-state index contributed by atoms with van der Waals surface area (Å²) in [7, 11) is 0. The van der Waals surface area contributed by atoms with E-state index in [0.717, 1.165) is 22.3 Å². The van der Waals surface area contributed by atoms with Crippen molar-refractivity contribution in [3.63, 3.8) is 0 Å². The van der Waals surface area contributed by atoms with Crippen LogP contribution in [0.25, 0.3) is 5.57 Å². The molecule has 0 spiro atoms. The SMILES string of the molecule is C=NS/C=C(\C)c1ccc(CNC(=O)Nc2cc(C(C)=O)ccc2C)cc1. The van der Waals surface area contributed by atoms with Crippen LogP contribution >= 0.6 is 11.9 Å². The van der Waals surface area contributed by atoms with E-state index in [4.69, 9.17) is 0 Å². The molecule has 27 heavy (non-hydrogen) atoms. The first-order valence-corrected chi connectivity index (χ1v) is 9.28. The van der Waals surface area contributed by atoms with Crippen molar-refractivity contribution in [2.75, 3.05) is 5.32 Å². The van der Waals surface area contributed by atoms with Gasteiger partial charge in [-0.2, -0.15) is 0 Å². The average molecular weight is 382 g/mol. The van der Waals surface area contributed by atoms with Gasteiger partial charge in [-0.15, -0.1) is 0 Å². The van der Waals surface area contributed by atoms with Crippen LogP contribution in [0.15, 0.2) is 52.3 Å². The van der Waals surface area contributed by atoms with Crippen molar-refractivity contribution in [2.24, 2.45) is 4.40 Å². The highest BCUT2D eigenvalue weighted by molar-refractivity contribution is 8.01. The van der Waals surface area contributed by atoms with Crippen LogP contribution in [0.4, 0.5) is 10.5 Å². The summed E-state index contributed by atoms with van der Waals surface area (Å²) in [4.78, 5) is 23.7. The summed E-state index contributed by atoms with van der Waals surface area (Å²) in [5.74, 6) is -0.0369. The van der Waals surface area contributed by atoms with E-state index >= 15 is 0 Å². The highest BCUT2D eigenvalue weighted by Gasteiger charge is 2.07. The predicted octanol–water partition coefficient (Wildman–Crippen LogP) is 5.23. The van der Waals surface area contributed by atoms with Crippen LogP contribution in [-0.4, -0.2) is 18.5 Å². The van der Waals surface area contributed by atoms with Gasteiger partial charge in [0.05, 0.1) is 0 Å². The van der Waals surface area contributed by atoms with Crippen molar-refractivity contribution in [3.8, 4) is 0 Å². The number of amides is 2. The maximum Gasteiger partial charge on any atom is 0.319 e. The van der Waals surface area contributed by atoms with Crippen molar-refractivity contribution in [1.82, 2.24) is 5.32 Å². The average Bonchev–Trinajstić information content (AvgIpc) is 2.66. The zero-order valence-electron chi connectivity index (χ0n) is 15.7. The molecule has 2 aromatic carbocycles. The summed E-state index contributed by atoms with van der Waals surface area (Å²) >= 11 is 1.30. The number of carbonyl (C=O) groups is 2. The maximum absolute atomic E-state index is 12.2. The Kier molecular flexibility index (Phi) is 7.37. The van der Waals surface area contributed by atoms with E-state index in [0.29, 0.717) is 17.8 Å². The summed E-state index contributed by atoms with van der Waals surface area (Å²) in [5.41, 5.74) is 5.28. The Labute approximate surface area is 164 Å². The van der Waals surface area contributed by atoms with E-state index in [9.17, 15) is 9.59 Å². The number of allylic oxidation sites excluding steroid dienone is 1. The van der Waals surface area contributed by atoms with E-state index < -0.39 is 0 Å². The van der Waals surface area contributed by atoms with Gasteiger partial charge >= 0.3 is 6.03 Å². The van der Waals surface area contributed by atoms with Crippen LogP contribution < -0.4 is 10.6 Å². The summed E-state index contributed by atoms with van der Waals surface area (Å²) in [6.07, 6.45) is 0. The molecule has 5 nitrogen and oxygen atoms in total. The first kappa shape index (κ1) is 20.5. The highest BCUT2D eigenvalue weighted by atomic mass is 32.2. The fraction of sp³-hybridized carbons (Fsp3) is 0.190. The number of benzene rings is 2. The second kappa shape index (κ2) is 9.73. The molecule has 0 aliphatic carbocycles. The van der Waals surface area contributed by atoms with Gasteiger partial charge in [-0.25, -0.2) is 9.19 Å². The third-order valence-electron chi connectivity index (χ3n) is 4.06. The lowest BCUT2D eigenvalue weighted by Crippen LogP contribution is -2.28. The molecule has 0 bridgehead atoms. The topological polar surface area (TPSA) is 70.6 Å². The molecule has 6 heteroatoms. The van der Waals surface area contributed by atoms with Crippen LogP contribution in [0, 0.1) is 6.92 Å². The Balaban J connectivity index is 1.95. The van der Waals surface area contributed by atoms with Gasteiger partial charge in [0.15, 0.2) is 5.78 Å². The fourth-order valence-electron chi connectivity index (χ4n) is 2.39. The van der Waals surface area contributed by atoms with Gasteiger partial charge in [0, 0.05) is 29.7 Å². The number of hydrogen-bond acceptors (Lipinski definition) is 4. The number of aryl methyl sites for hydroxylation is 1. The number of carbonyl (C=O) groups excluding carboxylic acids is 2. The molecule has 0 aliphatic heterocycles. The molecule has 0 radical (unpaired) electrons. The number of nitrogens with zero attached hydrogens (tertiary/aromatic N) is 1. The van der Waals surface area contributed by atoms with Gasteiger partial charge in [0.2, 0.25) is 0 Å². The summed E-state index contributed by atoms with van der Waals surface area (Å²) < 4.78 is 3.74. The zero-order chi connectivity index (χ0) is 19.8. The van der Waals surface area contributed by atoms with Crippen LogP contribution in [0.1, 0.15) is 40.9 Å².